The number of nitrogens with zero attached hydrogens (tertiary/aromatic N) is 1. The van der Waals surface area contributed by atoms with Crippen molar-refractivity contribution in [2.24, 2.45) is 4.99 Å². The molecular formula is C19H32IN3O2S. The van der Waals surface area contributed by atoms with Gasteiger partial charge in [-0.25, -0.2) is 0 Å². The third-order valence-corrected chi connectivity index (χ3v) is 6.50. The molecule has 1 aromatic carbocycles. The average molecular weight is 493 g/mol. The predicted molar refractivity (Wildman–Crippen MR) is 121 cm³/mol. The standard InChI is InChI=1S/C19H31N3O2S.HI/c1-4-25(23)17-12-8-11-16(13-17)22-19(20-2)21-14-18(24-3)15-9-6-5-7-10-15;/h5-7,9-10,16-18H,4,8,11-14H2,1-3H3,(H2,20,21,22);1H. The summed E-state index contributed by atoms with van der Waals surface area (Å²) < 4.78 is 17.7. The van der Waals surface area contributed by atoms with Gasteiger partial charge in [0.05, 0.1) is 6.10 Å². The van der Waals surface area contributed by atoms with Crippen molar-refractivity contribution in [3.05, 3.63) is 35.9 Å². The summed E-state index contributed by atoms with van der Waals surface area (Å²) in [5.41, 5.74) is 1.14. The maximum absolute atomic E-state index is 12.1. The van der Waals surface area contributed by atoms with Gasteiger partial charge in [0.25, 0.3) is 0 Å². The molecule has 2 rings (SSSR count). The molecule has 0 radical (unpaired) electrons. The monoisotopic (exact) mass is 493 g/mol. The Morgan fingerprint density at radius 3 is 2.69 bits per heavy atom. The summed E-state index contributed by atoms with van der Waals surface area (Å²) in [4.78, 5) is 4.34. The Kier molecular flexibility index (Phi) is 11.4. The summed E-state index contributed by atoms with van der Waals surface area (Å²) in [6.45, 7) is 2.65. The number of methoxy groups -OCH3 is 1. The fourth-order valence-corrected chi connectivity index (χ4v) is 4.68. The predicted octanol–water partition coefficient (Wildman–Crippen LogP) is 3.24. The maximum Gasteiger partial charge on any atom is 0.191 e. The minimum Gasteiger partial charge on any atom is -0.375 e. The first kappa shape index (κ1) is 23.4. The second-order valence-electron chi connectivity index (χ2n) is 6.39. The quantitative estimate of drug-likeness (QED) is 0.348. The molecule has 1 saturated carbocycles. The molecule has 0 bridgehead atoms. The molecule has 1 aliphatic rings. The summed E-state index contributed by atoms with van der Waals surface area (Å²) in [6.07, 6.45) is 4.23. The van der Waals surface area contributed by atoms with Crippen molar-refractivity contribution >= 4 is 40.7 Å². The van der Waals surface area contributed by atoms with Gasteiger partial charge >= 0.3 is 0 Å². The van der Waals surface area contributed by atoms with Gasteiger partial charge in [-0.05, 0) is 24.8 Å². The lowest BCUT2D eigenvalue weighted by Crippen LogP contribution is -2.47. The molecule has 148 valence electrons. The van der Waals surface area contributed by atoms with E-state index in [1.54, 1.807) is 14.2 Å². The molecule has 0 spiro atoms. The van der Waals surface area contributed by atoms with Crippen molar-refractivity contribution in [3.8, 4) is 0 Å². The first-order chi connectivity index (χ1) is 12.2. The van der Waals surface area contributed by atoms with Crippen LogP contribution in [0.1, 0.15) is 44.3 Å². The molecule has 1 aromatic rings. The molecule has 0 saturated heterocycles. The highest BCUT2D eigenvalue weighted by Crippen LogP contribution is 2.23. The number of hydrogen-bond donors (Lipinski definition) is 2. The van der Waals surface area contributed by atoms with Crippen LogP contribution in [0.3, 0.4) is 0 Å². The first-order valence-electron chi connectivity index (χ1n) is 9.10. The lowest BCUT2D eigenvalue weighted by molar-refractivity contribution is 0.106. The molecular weight excluding hydrogens is 461 g/mol. The van der Waals surface area contributed by atoms with Gasteiger partial charge in [0.15, 0.2) is 5.96 Å². The summed E-state index contributed by atoms with van der Waals surface area (Å²) >= 11 is 0. The fourth-order valence-electron chi connectivity index (χ4n) is 3.33. The molecule has 4 atom stereocenters. The molecule has 0 amide bonds. The molecule has 5 nitrogen and oxygen atoms in total. The lowest BCUT2D eigenvalue weighted by atomic mass is 9.95. The lowest BCUT2D eigenvalue weighted by Gasteiger charge is -2.30. The van der Waals surface area contributed by atoms with Crippen molar-refractivity contribution in [1.82, 2.24) is 10.6 Å². The van der Waals surface area contributed by atoms with Gasteiger partial charge in [-0.3, -0.25) is 9.20 Å². The largest absolute Gasteiger partial charge is 0.375 e. The third-order valence-electron chi connectivity index (χ3n) is 4.76. The highest BCUT2D eigenvalue weighted by atomic mass is 127. The van der Waals surface area contributed by atoms with E-state index in [1.807, 2.05) is 25.1 Å². The molecule has 2 N–H and O–H groups in total. The zero-order chi connectivity index (χ0) is 18.1. The Hall–Kier alpha value is -0.670. The van der Waals surface area contributed by atoms with Crippen molar-refractivity contribution in [2.75, 3.05) is 26.5 Å². The van der Waals surface area contributed by atoms with Crippen LogP contribution in [0.25, 0.3) is 0 Å². The van der Waals surface area contributed by atoms with E-state index in [4.69, 9.17) is 4.74 Å². The van der Waals surface area contributed by atoms with E-state index < -0.39 is 10.8 Å². The first-order valence-corrected chi connectivity index (χ1v) is 10.5. The zero-order valence-electron chi connectivity index (χ0n) is 15.9. The number of halogens is 1. The smallest absolute Gasteiger partial charge is 0.191 e. The summed E-state index contributed by atoms with van der Waals surface area (Å²) in [5, 5.41) is 7.17. The highest BCUT2D eigenvalue weighted by molar-refractivity contribution is 14.0. The Morgan fingerprint density at radius 1 is 1.35 bits per heavy atom. The van der Waals surface area contributed by atoms with Crippen molar-refractivity contribution in [2.45, 2.75) is 50.0 Å². The minimum atomic E-state index is -0.709. The van der Waals surface area contributed by atoms with Crippen LogP contribution in [0.2, 0.25) is 0 Å². The van der Waals surface area contributed by atoms with Crippen LogP contribution in [0.4, 0.5) is 0 Å². The van der Waals surface area contributed by atoms with Gasteiger partial charge in [0.1, 0.15) is 0 Å². The van der Waals surface area contributed by atoms with E-state index in [1.165, 1.54) is 0 Å². The SMILES string of the molecule is CCS(=O)C1CCCC(NC(=NC)NCC(OC)c2ccccc2)C1.I. The van der Waals surface area contributed by atoms with Gasteiger partial charge in [0, 0.05) is 48.5 Å². The summed E-state index contributed by atoms with van der Waals surface area (Å²) in [5.74, 6) is 1.53. The number of guanidine groups is 1. The van der Waals surface area contributed by atoms with Crippen LogP contribution in [0.5, 0.6) is 0 Å². The van der Waals surface area contributed by atoms with E-state index in [9.17, 15) is 4.21 Å². The van der Waals surface area contributed by atoms with E-state index >= 15 is 0 Å². The average Bonchev–Trinajstić information content (AvgIpc) is 2.67. The number of benzene rings is 1. The number of hydrogen-bond acceptors (Lipinski definition) is 3. The van der Waals surface area contributed by atoms with Crippen LogP contribution in [0.15, 0.2) is 35.3 Å². The van der Waals surface area contributed by atoms with Crippen molar-refractivity contribution < 1.29 is 8.95 Å². The van der Waals surface area contributed by atoms with Gasteiger partial charge in [-0.15, -0.1) is 24.0 Å². The molecule has 4 unspecified atom stereocenters. The number of rotatable bonds is 7. The maximum atomic E-state index is 12.1. The second-order valence-corrected chi connectivity index (χ2v) is 8.39. The Morgan fingerprint density at radius 2 is 2.08 bits per heavy atom. The number of aliphatic imine (C=N–C) groups is 1. The molecule has 7 heteroatoms. The third kappa shape index (κ3) is 7.15. The van der Waals surface area contributed by atoms with Crippen LogP contribution in [0, 0.1) is 0 Å². The van der Waals surface area contributed by atoms with Crippen LogP contribution in [-0.2, 0) is 15.5 Å². The number of nitrogens with one attached hydrogen (secondary N) is 2. The van der Waals surface area contributed by atoms with E-state index in [2.05, 4.69) is 27.8 Å². The van der Waals surface area contributed by atoms with E-state index in [0.29, 0.717) is 17.8 Å². The van der Waals surface area contributed by atoms with Crippen LogP contribution < -0.4 is 10.6 Å². The van der Waals surface area contributed by atoms with E-state index in [-0.39, 0.29) is 30.1 Å². The molecule has 1 fully saturated rings. The molecule has 0 aromatic heterocycles. The van der Waals surface area contributed by atoms with Gasteiger partial charge in [-0.2, -0.15) is 0 Å². The molecule has 0 heterocycles. The van der Waals surface area contributed by atoms with Crippen LogP contribution >= 0.6 is 24.0 Å². The number of ether oxygens (including phenoxy) is 1. The minimum absolute atomic E-state index is 0. The summed E-state index contributed by atoms with van der Waals surface area (Å²) in [6, 6.07) is 10.5. The Balaban J connectivity index is 0.00000338. The van der Waals surface area contributed by atoms with Crippen LogP contribution in [-0.4, -0.2) is 47.9 Å². The zero-order valence-corrected chi connectivity index (χ0v) is 19.1. The van der Waals surface area contributed by atoms with Crippen molar-refractivity contribution in [1.29, 1.82) is 0 Å². The van der Waals surface area contributed by atoms with Crippen molar-refractivity contribution in [3.63, 3.8) is 0 Å². The van der Waals surface area contributed by atoms with Gasteiger partial charge in [0.2, 0.25) is 0 Å². The summed E-state index contributed by atoms with van der Waals surface area (Å²) in [7, 11) is 2.80. The van der Waals surface area contributed by atoms with E-state index in [0.717, 1.165) is 43.0 Å². The fraction of sp³-hybridized carbons (Fsp3) is 0.632. The Labute approximate surface area is 177 Å². The molecule has 0 aliphatic heterocycles. The topological polar surface area (TPSA) is 62.7 Å². The highest BCUT2D eigenvalue weighted by Gasteiger charge is 2.26. The second kappa shape index (κ2) is 12.7. The Bertz CT molecular complexity index is 571. The van der Waals surface area contributed by atoms with Gasteiger partial charge < -0.3 is 15.4 Å². The van der Waals surface area contributed by atoms with Gasteiger partial charge in [-0.1, -0.05) is 43.7 Å². The molecule has 26 heavy (non-hydrogen) atoms. The normalized spacial score (nSPS) is 22.8. The molecule has 1 aliphatic carbocycles.